The molecule has 2 heterocycles. The van der Waals surface area contributed by atoms with Crippen molar-refractivity contribution in [1.29, 1.82) is 0 Å². The van der Waals surface area contributed by atoms with Crippen molar-refractivity contribution in [2.75, 3.05) is 11.9 Å². The van der Waals surface area contributed by atoms with Crippen LogP contribution in [0.15, 0.2) is 45.8 Å². The number of nitrogens with one attached hydrogen (secondary N) is 1. The van der Waals surface area contributed by atoms with E-state index in [0.29, 0.717) is 33.8 Å². The average Bonchev–Trinajstić information content (AvgIpc) is 3.19. The molecule has 0 aliphatic carbocycles. The second-order valence-electron chi connectivity index (χ2n) is 6.43. The standard InChI is InChI=1S/C20H21N3O3S2/c1-14-12-17(22-26-14)21-18(24)10-6-3-7-11-23-19(25)16(28-20(23)27)13-15-8-4-2-5-9-15/h2,4-5,8-9,12-13H,3,6-7,10-11H2,1H3,(H,21,22,24)/b16-13-. The van der Waals surface area contributed by atoms with Gasteiger partial charge in [-0.2, -0.15) is 0 Å². The number of hydrogen-bond acceptors (Lipinski definition) is 6. The van der Waals surface area contributed by atoms with Crippen LogP contribution in [0.25, 0.3) is 6.08 Å². The Hall–Kier alpha value is -2.45. The van der Waals surface area contributed by atoms with Crippen LogP contribution in [0.2, 0.25) is 0 Å². The molecule has 0 unspecified atom stereocenters. The van der Waals surface area contributed by atoms with E-state index in [1.165, 1.54) is 11.8 Å². The Balaban J connectivity index is 1.40. The van der Waals surface area contributed by atoms with Gasteiger partial charge in [0.1, 0.15) is 10.1 Å². The topological polar surface area (TPSA) is 75.4 Å². The third-order valence-electron chi connectivity index (χ3n) is 4.15. The van der Waals surface area contributed by atoms with E-state index in [-0.39, 0.29) is 11.8 Å². The van der Waals surface area contributed by atoms with Crippen LogP contribution in [0.4, 0.5) is 5.82 Å². The molecule has 1 saturated heterocycles. The quantitative estimate of drug-likeness (QED) is 0.392. The second-order valence-corrected chi connectivity index (χ2v) is 8.10. The highest BCUT2D eigenvalue weighted by atomic mass is 32.2. The van der Waals surface area contributed by atoms with E-state index in [4.69, 9.17) is 16.7 Å². The predicted molar refractivity (Wildman–Crippen MR) is 115 cm³/mol. The highest BCUT2D eigenvalue weighted by Gasteiger charge is 2.31. The number of rotatable bonds is 8. The van der Waals surface area contributed by atoms with Gasteiger partial charge in [0.15, 0.2) is 5.82 Å². The number of unbranched alkanes of at least 4 members (excludes halogenated alkanes) is 2. The van der Waals surface area contributed by atoms with Gasteiger partial charge in [-0.25, -0.2) is 0 Å². The summed E-state index contributed by atoms with van der Waals surface area (Å²) in [5.41, 5.74) is 0.983. The summed E-state index contributed by atoms with van der Waals surface area (Å²) in [6.07, 6.45) is 4.63. The third kappa shape index (κ3) is 5.53. The zero-order valence-electron chi connectivity index (χ0n) is 15.5. The fourth-order valence-electron chi connectivity index (χ4n) is 2.76. The van der Waals surface area contributed by atoms with Crippen LogP contribution in [0.5, 0.6) is 0 Å². The van der Waals surface area contributed by atoms with Crippen molar-refractivity contribution in [3.05, 3.63) is 52.6 Å². The Labute approximate surface area is 173 Å². The van der Waals surface area contributed by atoms with Crippen molar-refractivity contribution < 1.29 is 14.1 Å². The zero-order chi connectivity index (χ0) is 19.9. The monoisotopic (exact) mass is 415 g/mol. The van der Waals surface area contributed by atoms with Gasteiger partial charge in [0.25, 0.3) is 5.91 Å². The number of benzene rings is 1. The van der Waals surface area contributed by atoms with Gasteiger partial charge in [-0.05, 0) is 31.4 Å². The van der Waals surface area contributed by atoms with Gasteiger partial charge in [0.05, 0.1) is 4.91 Å². The minimum absolute atomic E-state index is 0.0435. The molecule has 0 atom stereocenters. The average molecular weight is 416 g/mol. The Morgan fingerprint density at radius 1 is 1.29 bits per heavy atom. The third-order valence-corrected chi connectivity index (χ3v) is 5.53. The number of carbonyl (C=O) groups excluding carboxylic acids is 2. The molecule has 146 valence electrons. The van der Waals surface area contributed by atoms with Crippen molar-refractivity contribution in [2.24, 2.45) is 0 Å². The lowest BCUT2D eigenvalue weighted by Gasteiger charge is -2.13. The van der Waals surface area contributed by atoms with Crippen LogP contribution in [0.3, 0.4) is 0 Å². The van der Waals surface area contributed by atoms with Crippen molar-refractivity contribution in [3.8, 4) is 0 Å². The predicted octanol–water partition coefficient (Wildman–Crippen LogP) is 4.38. The maximum absolute atomic E-state index is 12.6. The molecule has 1 N–H and O–H groups in total. The van der Waals surface area contributed by atoms with E-state index in [1.807, 2.05) is 36.4 Å². The molecule has 28 heavy (non-hydrogen) atoms. The van der Waals surface area contributed by atoms with Crippen molar-refractivity contribution in [2.45, 2.75) is 32.6 Å². The van der Waals surface area contributed by atoms with Crippen LogP contribution in [-0.2, 0) is 9.59 Å². The molecule has 3 rings (SSSR count). The summed E-state index contributed by atoms with van der Waals surface area (Å²) in [6, 6.07) is 11.4. The lowest BCUT2D eigenvalue weighted by atomic mass is 10.1. The molecule has 2 amide bonds. The Morgan fingerprint density at radius 2 is 2.07 bits per heavy atom. The van der Waals surface area contributed by atoms with Gasteiger partial charge in [-0.15, -0.1) is 0 Å². The van der Waals surface area contributed by atoms with Crippen LogP contribution in [0, 0.1) is 6.92 Å². The molecule has 1 aromatic carbocycles. The molecule has 6 nitrogen and oxygen atoms in total. The van der Waals surface area contributed by atoms with Crippen molar-refractivity contribution in [1.82, 2.24) is 10.1 Å². The Bertz CT molecular complexity index is 893. The highest BCUT2D eigenvalue weighted by molar-refractivity contribution is 8.26. The SMILES string of the molecule is Cc1cc(NC(=O)CCCCCN2C(=O)/C(=C/c3ccccc3)SC2=S)no1. The summed E-state index contributed by atoms with van der Waals surface area (Å²) < 4.78 is 5.50. The van der Waals surface area contributed by atoms with E-state index in [9.17, 15) is 9.59 Å². The van der Waals surface area contributed by atoms with Gasteiger partial charge in [-0.3, -0.25) is 14.5 Å². The molecule has 1 aliphatic rings. The first-order valence-electron chi connectivity index (χ1n) is 9.06. The minimum atomic E-state index is -0.0929. The maximum atomic E-state index is 12.6. The first kappa shape index (κ1) is 20.3. The molecule has 2 aromatic rings. The number of thiocarbonyl (C=S) groups is 1. The number of amides is 2. The number of aryl methyl sites for hydroxylation is 1. The van der Waals surface area contributed by atoms with E-state index in [0.717, 1.165) is 24.8 Å². The Morgan fingerprint density at radius 3 is 2.79 bits per heavy atom. The number of thioether (sulfide) groups is 1. The van der Waals surface area contributed by atoms with Crippen LogP contribution in [-0.4, -0.2) is 32.7 Å². The summed E-state index contributed by atoms with van der Waals surface area (Å²) in [5, 5.41) is 6.43. The highest BCUT2D eigenvalue weighted by Crippen LogP contribution is 2.32. The van der Waals surface area contributed by atoms with Gasteiger partial charge in [0.2, 0.25) is 5.91 Å². The lowest BCUT2D eigenvalue weighted by Crippen LogP contribution is -2.29. The Kier molecular flexibility index (Phi) is 7.00. The molecule has 0 radical (unpaired) electrons. The van der Waals surface area contributed by atoms with Gasteiger partial charge < -0.3 is 9.84 Å². The number of carbonyl (C=O) groups is 2. The molecule has 1 fully saturated rings. The van der Waals surface area contributed by atoms with Crippen LogP contribution >= 0.6 is 24.0 Å². The van der Waals surface area contributed by atoms with Gasteiger partial charge in [-0.1, -0.05) is 65.9 Å². The summed E-state index contributed by atoms with van der Waals surface area (Å²) in [7, 11) is 0. The van der Waals surface area contributed by atoms with E-state index >= 15 is 0 Å². The summed E-state index contributed by atoms with van der Waals surface area (Å²) >= 11 is 6.69. The maximum Gasteiger partial charge on any atom is 0.266 e. The molecule has 0 bridgehead atoms. The molecular formula is C20H21N3O3S2. The van der Waals surface area contributed by atoms with E-state index in [2.05, 4.69) is 10.5 Å². The first-order chi connectivity index (χ1) is 13.5. The molecule has 8 heteroatoms. The largest absolute Gasteiger partial charge is 0.360 e. The normalized spacial score (nSPS) is 15.5. The van der Waals surface area contributed by atoms with Crippen molar-refractivity contribution in [3.63, 3.8) is 0 Å². The fourth-order valence-corrected chi connectivity index (χ4v) is 4.06. The molecule has 0 saturated carbocycles. The first-order valence-corrected chi connectivity index (χ1v) is 10.3. The number of hydrogen-bond donors (Lipinski definition) is 1. The van der Waals surface area contributed by atoms with Crippen molar-refractivity contribution >= 4 is 52.0 Å². The minimum Gasteiger partial charge on any atom is -0.360 e. The number of aromatic nitrogens is 1. The smallest absolute Gasteiger partial charge is 0.266 e. The summed E-state index contributed by atoms with van der Waals surface area (Å²) in [5.74, 6) is 0.952. The van der Waals surface area contributed by atoms with E-state index in [1.54, 1.807) is 17.9 Å². The molecule has 1 aliphatic heterocycles. The van der Waals surface area contributed by atoms with E-state index < -0.39 is 0 Å². The number of nitrogens with zero attached hydrogens (tertiary/aromatic N) is 2. The lowest BCUT2D eigenvalue weighted by molar-refractivity contribution is -0.122. The van der Waals surface area contributed by atoms with Gasteiger partial charge in [0, 0.05) is 19.0 Å². The molecule has 1 aromatic heterocycles. The molecule has 0 spiro atoms. The van der Waals surface area contributed by atoms with Crippen LogP contribution < -0.4 is 5.32 Å². The second kappa shape index (κ2) is 9.66. The van der Waals surface area contributed by atoms with Gasteiger partial charge >= 0.3 is 0 Å². The summed E-state index contributed by atoms with van der Waals surface area (Å²) in [6.45, 7) is 2.34. The van der Waals surface area contributed by atoms with Crippen LogP contribution in [0.1, 0.15) is 37.0 Å². The number of anilines is 1. The fraction of sp³-hybridized carbons (Fsp3) is 0.300. The zero-order valence-corrected chi connectivity index (χ0v) is 17.1. The molecular weight excluding hydrogens is 394 g/mol. The summed E-state index contributed by atoms with van der Waals surface area (Å²) in [4.78, 5) is 26.7.